The van der Waals surface area contributed by atoms with E-state index >= 15 is 0 Å². The van der Waals surface area contributed by atoms with E-state index in [1.54, 1.807) is 19.3 Å². The van der Waals surface area contributed by atoms with Gasteiger partial charge >= 0.3 is 5.97 Å². The molecule has 0 spiro atoms. The molecule has 4 heteroatoms. The topological polar surface area (TPSA) is 55.1 Å². The van der Waals surface area contributed by atoms with Crippen LogP contribution in [0.5, 0.6) is 0 Å². The molecule has 0 aliphatic heterocycles. The third kappa shape index (κ3) is 1.64. The molecule has 0 amide bonds. The molecule has 0 saturated heterocycles. The summed E-state index contributed by atoms with van der Waals surface area (Å²) in [6.45, 7) is 3.61. The number of aliphatic carboxylic acids is 1. The highest BCUT2D eigenvalue weighted by molar-refractivity contribution is 5.71. The molecule has 0 radical (unpaired) electrons. The van der Waals surface area contributed by atoms with Gasteiger partial charge in [-0.1, -0.05) is 6.92 Å². The van der Waals surface area contributed by atoms with E-state index in [2.05, 4.69) is 5.10 Å². The number of carbonyl (C=O) groups is 1. The van der Waals surface area contributed by atoms with E-state index in [0.717, 1.165) is 12.0 Å². The second kappa shape index (κ2) is 3.38. The lowest BCUT2D eigenvalue weighted by atomic mass is 10.3. The molecule has 0 aromatic carbocycles. The van der Waals surface area contributed by atoms with Gasteiger partial charge < -0.3 is 5.11 Å². The molecule has 4 nitrogen and oxygen atoms in total. The molecule has 0 aliphatic rings. The molecule has 1 aromatic heterocycles. The summed E-state index contributed by atoms with van der Waals surface area (Å²) in [6, 6.07) is -0.578. The molecule has 0 fully saturated rings. The van der Waals surface area contributed by atoms with Gasteiger partial charge in [-0.15, -0.1) is 0 Å². The molecule has 0 aliphatic carbocycles. The van der Waals surface area contributed by atoms with Crippen LogP contribution in [0.1, 0.15) is 25.5 Å². The van der Waals surface area contributed by atoms with Crippen LogP contribution in [0.25, 0.3) is 0 Å². The van der Waals surface area contributed by atoms with Crippen molar-refractivity contribution in [3.05, 3.63) is 18.0 Å². The highest BCUT2D eigenvalue weighted by Crippen LogP contribution is 2.06. The Labute approximate surface area is 70.8 Å². The number of carboxylic acid groups (broad SMARTS) is 1. The molecule has 0 saturated carbocycles. The average Bonchev–Trinajstić information content (AvgIpc) is 2.50. The maximum atomic E-state index is 10.5. The summed E-state index contributed by atoms with van der Waals surface area (Å²) in [6.07, 6.45) is 4.34. The molecular weight excluding hydrogens is 156 g/mol. The van der Waals surface area contributed by atoms with E-state index in [4.69, 9.17) is 5.11 Å². The lowest BCUT2D eigenvalue weighted by molar-refractivity contribution is -0.140. The summed E-state index contributed by atoms with van der Waals surface area (Å²) in [4.78, 5) is 10.5. The fourth-order valence-corrected chi connectivity index (χ4v) is 0.885. The Hall–Kier alpha value is -1.32. The van der Waals surface area contributed by atoms with Gasteiger partial charge in [-0.3, -0.25) is 4.68 Å². The van der Waals surface area contributed by atoms with Gasteiger partial charge in [0.25, 0.3) is 0 Å². The van der Waals surface area contributed by atoms with Crippen LogP contribution >= 0.6 is 0 Å². The molecule has 1 atom stereocenters. The Bertz CT molecular complexity index is 280. The standard InChI is InChI=1S/C8H12N2O2/c1-3-7-4-9-10(5-7)6(2)8(11)12/h4-6H,3H2,1-2H3,(H,11,12). The average molecular weight is 168 g/mol. The van der Waals surface area contributed by atoms with Crippen LogP contribution in [0.4, 0.5) is 0 Å². The molecule has 1 unspecified atom stereocenters. The van der Waals surface area contributed by atoms with Crippen molar-refractivity contribution in [2.45, 2.75) is 26.3 Å². The zero-order chi connectivity index (χ0) is 9.14. The van der Waals surface area contributed by atoms with Crippen molar-refractivity contribution in [2.75, 3.05) is 0 Å². The fraction of sp³-hybridized carbons (Fsp3) is 0.500. The van der Waals surface area contributed by atoms with Gasteiger partial charge in [0.2, 0.25) is 0 Å². The van der Waals surface area contributed by atoms with E-state index in [1.807, 2.05) is 6.92 Å². The monoisotopic (exact) mass is 168 g/mol. The van der Waals surface area contributed by atoms with E-state index in [0.29, 0.717) is 0 Å². The number of rotatable bonds is 3. The summed E-state index contributed by atoms with van der Waals surface area (Å²) in [5.41, 5.74) is 1.06. The summed E-state index contributed by atoms with van der Waals surface area (Å²) in [7, 11) is 0. The molecule has 0 bridgehead atoms. The number of carboxylic acids is 1. The van der Waals surface area contributed by atoms with Crippen LogP contribution in [-0.2, 0) is 11.2 Å². The first-order valence-corrected chi connectivity index (χ1v) is 3.91. The van der Waals surface area contributed by atoms with Crippen LogP contribution in [0.15, 0.2) is 12.4 Å². The molecule has 66 valence electrons. The molecule has 12 heavy (non-hydrogen) atoms. The minimum Gasteiger partial charge on any atom is -0.480 e. The first kappa shape index (κ1) is 8.77. The van der Waals surface area contributed by atoms with Crippen LogP contribution in [0.2, 0.25) is 0 Å². The number of hydrogen-bond acceptors (Lipinski definition) is 2. The van der Waals surface area contributed by atoms with E-state index in [-0.39, 0.29) is 0 Å². The van der Waals surface area contributed by atoms with E-state index < -0.39 is 12.0 Å². The van der Waals surface area contributed by atoms with Gasteiger partial charge in [-0.05, 0) is 18.9 Å². The molecule has 1 heterocycles. The maximum absolute atomic E-state index is 10.5. The second-order valence-corrected chi connectivity index (χ2v) is 2.70. The first-order chi connectivity index (χ1) is 5.65. The summed E-state index contributed by atoms with van der Waals surface area (Å²) in [5.74, 6) is -0.860. The number of aromatic nitrogens is 2. The normalized spacial score (nSPS) is 12.8. The Kier molecular flexibility index (Phi) is 2.47. The van der Waals surface area contributed by atoms with Crippen molar-refractivity contribution in [2.24, 2.45) is 0 Å². The minimum absolute atomic E-state index is 0.578. The van der Waals surface area contributed by atoms with Crippen molar-refractivity contribution in [3.63, 3.8) is 0 Å². The van der Waals surface area contributed by atoms with Gasteiger partial charge in [0.1, 0.15) is 6.04 Å². The highest BCUT2D eigenvalue weighted by Gasteiger charge is 2.13. The van der Waals surface area contributed by atoms with E-state index in [9.17, 15) is 4.79 Å². The zero-order valence-corrected chi connectivity index (χ0v) is 7.19. The molecular formula is C8H12N2O2. The third-order valence-corrected chi connectivity index (χ3v) is 1.82. The smallest absolute Gasteiger partial charge is 0.328 e. The van der Waals surface area contributed by atoms with Crippen LogP contribution in [0.3, 0.4) is 0 Å². The van der Waals surface area contributed by atoms with Gasteiger partial charge in [0.05, 0.1) is 6.20 Å². The first-order valence-electron chi connectivity index (χ1n) is 3.91. The Morgan fingerprint density at radius 1 is 1.83 bits per heavy atom. The summed E-state index contributed by atoms with van der Waals surface area (Å²) >= 11 is 0. The molecule has 1 N–H and O–H groups in total. The van der Waals surface area contributed by atoms with Crippen LogP contribution < -0.4 is 0 Å². The SMILES string of the molecule is CCc1cnn(C(C)C(=O)O)c1. The van der Waals surface area contributed by atoms with Crippen LogP contribution in [0, 0.1) is 0 Å². The van der Waals surface area contributed by atoms with Crippen molar-refractivity contribution in [3.8, 4) is 0 Å². The summed E-state index contributed by atoms with van der Waals surface area (Å²) < 4.78 is 1.46. The fourth-order valence-electron chi connectivity index (χ4n) is 0.885. The largest absolute Gasteiger partial charge is 0.480 e. The minimum atomic E-state index is -0.860. The number of aryl methyl sites for hydroxylation is 1. The Balaban J connectivity index is 2.81. The Morgan fingerprint density at radius 3 is 2.92 bits per heavy atom. The third-order valence-electron chi connectivity index (χ3n) is 1.82. The lowest BCUT2D eigenvalue weighted by Gasteiger charge is -2.04. The van der Waals surface area contributed by atoms with Gasteiger partial charge in [-0.25, -0.2) is 4.79 Å². The van der Waals surface area contributed by atoms with Crippen LogP contribution in [-0.4, -0.2) is 20.9 Å². The van der Waals surface area contributed by atoms with Crippen molar-refractivity contribution in [1.82, 2.24) is 9.78 Å². The summed E-state index contributed by atoms with van der Waals surface area (Å²) in [5, 5.41) is 12.6. The Morgan fingerprint density at radius 2 is 2.50 bits per heavy atom. The second-order valence-electron chi connectivity index (χ2n) is 2.70. The predicted octanol–water partition coefficient (Wildman–Crippen LogP) is 1.09. The van der Waals surface area contributed by atoms with E-state index in [1.165, 1.54) is 4.68 Å². The van der Waals surface area contributed by atoms with Crippen molar-refractivity contribution >= 4 is 5.97 Å². The van der Waals surface area contributed by atoms with Crippen molar-refractivity contribution < 1.29 is 9.90 Å². The lowest BCUT2D eigenvalue weighted by Crippen LogP contribution is -2.15. The number of hydrogen-bond donors (Lipinski definition) is 1. The predicted molar refractivity (Wildman–Crippen MR) is 44.0 cm³/mol. The van der Waals surface area contributed by atoms with Gasteiger partial charge in [-0.2, -0.15) is 5.10 Å². The quantitative estimate of drug-likeness (QED) is 0.735. The number of nitrogens with zero attached hydrogens (tertiary/aromatic N) is 2. The maximum Gasteiger partial charge on any atom is 0.328 e. The van der Waals surface area contributed by atoms with Gasteiger partial charge in [0, 0.05) is 6.20 Å². The van der Waals surface area contributed by atoms with Gasteiger partial charge in [0.15, 0.2) is 0 Å². The zero-order valence-electron chi connectivity index (χ0n) is 7.19. The van der Waals surface area contributed by atoms with Crippen molar-refractivity contribution in [1.29, 1.82) is 0 Å². The highest BCUT2D eigenvalue weighted by atomic mass is 16.4. The molecule has 1 aromatic rings. The molecule has 1 rings (SSSR count).